The summed E-state index contributed by atoms with van der Waals surface area (Å²) in [6, 6.07) is 9.85. The molecule has 0 aliphatic carbocycles. The molecule has 0 saturated carbocycles. The number of carbonyl (C=O) groups excluding carboxylic acids is 1. The highest BCUT2D eigenvalue weighted by molar-refractivity contribution is 5.95. The minimum Gasteiger partial charge on any atom is -0.492 e. The largest absolute Gasteiger partial charge is 0.492 e. The van der Waals surface area contributed by atoms with E-state index in [2.05, 4.69) is 10.00 Å². The van der Waals surface area contributed by atoms with Crippen LogP contribution in [0.4, 0.5) is 0 Å². The van der Waals surface area contributed by atoms with Gasteiger partial charge < -0.3 is 9.64 Å². The molecule has 2 aromatic rings. The van der Waals surface area contributed by atoms with Crippen molar-refractivity contribution in [3.05, 3.63) is 47.8 Å². The van der Waals surface area contributed by atoms with Gasteiger partial charge in [0.15, 0.2) is 0 Å². The molecule has 1 aromatic carbocycles. The van der Waals surface area contributed by atoms with Gasteiger partial charge in [0.1, 0.15) is 12.4 Å². The maximum atomic E-state index is 12.6. The highest BCUT2D eigenvalue weighted by Gasteiger charge is 2.24. The number of ether oxygens (including phenoxy) is 1. The Bertz CT molecular complexity index is 676. The molecule has 6 nitrogen and oxygen atoms in total. The van der Waals surface area contributed by atoms with Crippen molar-refractivity contribution in [1.29, 1.82) is 0 Å². The molecule has 0 unspecified atom stereocenters. The van der Waals surface area contributed by atoms with Crippen LogP contribution in [0.2, 0.25) is 0 Å². The van der Waals surface area contributed by atoms with Crippen LogP contribution < -0.4 is 4.74 Å². The molecule has 0 N–H and O–H groups in total. The Labute approximate surface area is 142 Å². The number of aryl methyl sites for hydroxylation is 2. The van der Waals surface area contributed by atoms with Gasteiger partial charge in [-0.05, 0) is 19.1 Å². The smallest absolute Gasteiger partial charge is 0.257 e. The third kappa shape index (κ3) is 3.94. The van der Waals surface area contributed by atoms with Gasteiger partial charge in [-0.1, -0.05) is 18.2 Å². The van der Waals surface area contributed by atoms with Gasteiger partial charge in [0, 0.05) is 46.0 Å². The number of piperazine rings is 1. The molecule has 128 valence electrons. The van der Waals surface area contributed by atoms with Crippen LogP contribution in [0.15, 0.2) is 36.5 Å². The number of hydrogen-bond acceptors (Lipinski definition) is 4. The zero-order chi connectivity index (χ0) is 16.9. The molecular formula is C18H24N4O2. The first kappa shape index (κ1) is 16.5. The van der Waals surface area contributed by atoms with E-state index in [4.69, 9.17) is 4.74 Å². The van der Waals surface area contributed by atoms with Crippen molar-refractivity contribution < 1.29 is 9.53 Å². The summed E-state index contributed by atoms with van der Waals surface area (Å²) in [4.78, 5) is 16.8. The molecule has 6 heteroatoms. The first-order valence-corrected chi connectivity index (χ1v) is 8.33. The summed E-state index contributed by atoms with van der Waals surface area (Å²) in [5, 5.41) is 4.25. The summed E-state index contributed by atoms with van der Waals surface area (Å²) >= 11 is 0. The van der Waals surface area contributed by atoms with E-state index >= 15 is 0 Å². The van der Waals surface area contributed by atoms with Crippen LogP contribution in [0.3, 0.4) is 0 Å². The number of nitrogens with zero attached hydrogens (tertiary/aromatic N) is 4. The normalized spacial score (nSPS) is 15.5. The SMILES string of the molecule is Cc1nn(C)cc1C(=O)N1CCN(CCOc2ccccc2)CC1. The van der Waals surface area contributed by atoms with Gasteiger partial charge in [-0.15, -0.1) is 0 Å². The topological polar surface area (TPSA) is 50.6 Å². The minimum absolute atomic E-state index is 0.0841. The number of aromatic nitrogens is 2. The summed E-state index contributed by atoms with van der Waals surface area (Å²) in [7, 11) is 1.84. The predicted octanol–water partition coefficient (Wildman–Crippen LogP) is 1.57. The maximum Gasteiger partial charge on any atom is 0.257 e. The molecule has 1 aliphatic heterocycles. The van der Waals surface area contributed by atoms with E-state index in [0.29, 0.717) is 12.2 Å². The summed E-state index contributed by atoms with van der Waals surface area (Å²) in [5.41, 5.74) is 1.50. The summed E-state index contributed by atoms with van der Waals surface area (Å²) in [6.07, 6.45) is 1.80. The van der Waals surface area contributed by atoms with Gasteiger partial charge in [-0.3, -0.25) is 14.4 Å². The minimum atomic E-state index is 0.0841. The molecule has 0 atom stereocenters. The monoisotopic (exact) mass is 328 g/mol. The molecule has 0 spiro atoms. The van der Waals surface area contributed by atoms with Crippen LogP contribution in [0.5, 0.6) is 5.75 Å². The lowest BCUT2D eigenvalue weighted by molar-refractivity contribution is 0.0619. The molecule has 24 heavy (non-hydrogen) atoms. The van der Waals surface area contributed by atoms with Gasteiger partial charge in [0.25, 0.3) is 5.91 Å². The quantitative estimate of drug-likeness (QED) is 0.836. The van der Waals surface area contributed by atoms with E-state index in [1.54, 1.807) is 10.9 Å². The molecule has 1 aliphatic rings. The van der Waals surface area contributed by atoms with Crippen molar-refractivity contribution >= 4 is 5.91 Å². The molecule has 0 bridgehead atoms. The first-order valence-electron chi connectivity index (χ1n) is 8.33. The molecule has 3 rings (SSSR count). The Kier molecular flexibility index (Phi) is 5.15. The van der Waals surface area contributed by atoms with Crippen molar-refractivity contribution in [3.63, 3.8) is 0 Å². The van der Waals surface area contributed by atoms with Crippen molar-refractivity contribution in [3.8, 4) is 5.75 Å². The second kappa shape index (κ2) is 7.49. The zero-order valence-electron chi connectivity index (χ0n) is 14.3. The Morgan fingerprint density at radius 2 is 1.88 bits per heavy atom. The molecule has 1 amide bonds. The van der Waals surface area contributed by atoms with E-state index in [9.17, 15) is 4.79 Å². The first-order chi connectivity index (χ1) is 11.6. The second-order valence-corrected chi connectivity index (χ2v) is 6.10. The Morgan fingerprint density at radius 3 is 2.50 bits per heavy atom. The van der Waals surface area contributed by atoms with Crippen LogP contribution >= 0.6 is 0 Å². The van der Waals surface area contributed by atoms with E-state index in [1.165, 1.54) is 0 Å². The average molecular weight is 328 g/mol. The lowest BCUT2D eigenvalue weighted by Crippen LogP contribution is -2.49. The van der Waals surface area contributed by atoms with E-state index < -0.39 is 0 Å². The Balaban J connectivity index is 1.44. The number of carbonyl (C=O) groups is 1. The molecule has 1 aromatic heterocycles. The third-order valence-corrected chi connectivity index (χ3v) is 4.32. The van der Waals surface area contributed by atoms with Gasteiger partial charge in [-0.25, -0.2) is 0 Å². The Morgan fingerprint density at radius 1 is 1.17 bits per heavy atom. The lowest BCUT2D eigenvalue weighted by Gasteiger charge is -2.34. The molecule has 2 heterocycles. The van der Waals surface area contributed by atoms with E-state index in [0.717, 1.165) is 44.2 Å². The summed E-state index contributed by atoms with van der Waals surface area (Å²) in [5.74, 6) is 0.985. The van der Waals surface area contributed by atoms with E-state index in [1.807, 2.05) is 49.2 Å². The molecular weight excluding hydrogens is 304 g/mol. The summed E-state index contributed by atoms with van der Waals surface area (Å²) in [6.45, 7) is 6.68. The average Bonchev–Trinajstić information content (AvgIpc) is 2.94. The predicted molar refractivity (Wildman–Crippen MR) is 92.2 cm³/mol. The van der Waals surface area contributed by atoms with Gasteiger partial charge in [-0.2, -0.15) is 5.10 Å². The van der Waals surface area contributed by atoms with Crippen molar-refractivity contribution in [1.82, 2.24) is 19.6 Å². The van der Waals surface area contributed by atoms with Crippen molar-refractivity contribution in [2.45, 2.75) is 6.92 Å². The van der Waals surface area contributed by atoms with Crippen LogP contribution in [0.25, 0.3) is 0 Å². The van der Waals surface area contributed by atoms with E-state index in [-0.39, 0.29) is 5.91 Å². The van der Waals surface area contributed by atoms with Crippen LogP contribution in [0.1, 0.15) is 16.1 Å². The van der Waals surface area contributed by atoms with Crippen LogP contribution in [-0.4, -0.2) is 64.8 Å². The summed E-state index contributed by atoms with van der Waals surface area (Å²) < 4.78 is 7.43. The highest BCUT2D eigenvalue weighted by Crippen LogP contribution is 2.12. The van der Waals surface area contributed by atoms with Gasteiger partial charge in [0.05, 0.1) is 11.3 Å². The number of amides is 1. The lowest BCUT2D eigenvalue weighted by atomic mass is 10.2. The highest BCUT2D eigenvalue weighted by atomic mass is 16.5. The standard InChI is InChI=1S/C18H24N4O2/c1-15-17(14-20(2)19-15)18(23)22-10-8-21(9-11-22)12-13-24-16-6-4-3-5-7-16/h3-7,14H,8-13H2,1-2H3. The molecule has 1 saturated heterocycles. The Hall–Kier alpha value is -2.34. The van der Waals surface area contributed by atoms with Crippen molar-refractivity contribution in [2.75, 3.05) is 39.3 Å². The zero-order valence-corrected chi connectivity index (χ0v) is 14.3. The van der Waals surface area contributed by atoms with Crippen LogP contribution in [0, 0.1) is 6.92 Å². The number of rotatable bonds is 5. The fraction of sp³-hybridized carbons (Fsp3) is 0.444. The maximum absolute atomic E-state index is 12.6. The second-order valence-electron chi connectivity index (χ2n) is 6.10. The fourth-order valence-corrected chi connectivity index (χ4v) is 2.96. The molecule has 1 fully saturated rings. The fourth-order valence-electron chi connectivity index (χ4n) is 2.96. The number of para-hydroxylation sites is 1. The molecule has 0 radical (unpaired) electrons. The van der Waals surface area contributed by atoms with Gasteiger partial charge >= 0.3 is 0 Å². The van der Waals surface area contributed by atoms with Gasteiger partial charge in [0.2, 0.25) is 0 Å². The van der Waals surface area contributed by atoms with Crippen molar-refractivity contribution in [2.24, 2.45) is 7.05 Å². The number of benzene rings is 1. The third-order valence-electron chi connectivity index (χ3n) is 4.32. The number of hydrogen-bond donors (Lipinski definition) is 0. The van der Waals surface area contributed by atoms with Crippen LogP contribution in [-0.2, 0) is 7.05 Å².